The minimum atomic E-state index is -4.16. The van der Waals surface area contributed by atoms with Crippen molar-refractivity contribution < 1.29 is 30.8 Å². The summed E-state index contributed by atoms with van der Waals surface area (Å²) >= 11 is 0. The Labute approximate surface area is 164 Å². The molecule has 1 heterocycles. The van der Waals surface area contributed by atoms with Crippen molar-refractivity contribution in [2.45, 2.75) is 17.9 Å². The lowest BCUT2D eigenvalue weighted by atomic mass is 10.3. The molecule has 2 aromatic carbocycles. The van der Waals surface area contributed by atoms with Crippen molar-refractivity contribution in [3.8, 4) is 5.75 Å². The Morgan fingerprint density at radius 2 is 1.86 bits per heavy atom. The van der Waals surface area contributed by atoms with Gasteiger partial charge in [-0.1, -0.05) is 17.3 Å². The zero-order valence-electron chi connectivity index (χ0n) is 15.2. The number of hydrogen-bond donors (Lipinski definition) is 0. The molecule has 0 atom stereocenters. The average Bonchev–Trinajstić information content (AvgIpc) is 3.13. The van der Waals surface area contributed by atoms with Crippen molar-refractivity contribution in [3.05, 3.63) is 71.6 Å². The van der Waals surface area contributed by atoms with Crippen LogP contribution in [-0.2, 0) is 23.1 Å². The highest BCUT2D eigenvalue weighted by Gasteiger charge is 2.25. The van der Waals surface area contributed by atoms with E-state index in [0.29, 0.717) is 6.07 Å². The third-order valence-corrected chi connectivity index (χ3v) is 5.82. The molecule has 0 saturated heterocycles. The number of sulfonamides is 1. The second-order valence-electron chi connectivity index (χ2n) is 5.97. The molecule has 0 unspecified atom stereocenters. The quantitative estimate of drug-likeness (QED) is 0.550. The van der Waals surface area contributed by atoms with Gasteiger partial charge in [-0.15, -0.1) is 0 Å². The highest BCUT2D eigenvalue weighted by molar-refractivity contribution is 7.89. The lowest BCUT2D eigenvalue weighted by molar-refractivity contribution is 0.234. The van der Waals surface area contributed by atoms with Gasteiger partial charge in [-0.25, -0.2) is 25.9 Å². The Morgan fingerprint density at radius 1 is 1.10 bits per heavy atom. The van der Waals surface area contributed by atoms with E-state index in [1.54, 1.807) is 6.07 Å². The zero-order chi connectivity index (χ0) is 21.0. The lowest BCUT2D eigenvalue weighted by Gasteiger charge is -2.16. The molecular weight excluding hydrogens is 411 g/mol. The molecule has 0 saturated carbocycles. The topological polar surface area (TPSA) is 85.5 Å². The van der Waals surface area contributed by atoms with Crippen LogP contribution in [0.5, 0.6) is 5.75 Å². The van der Waals surface area contributed by atoms with Crippen molar-refractivity contribution in [2.75, 3.05) is 13.6 Å². The van der Waals surface area contributed by atoms with Crippen LogP contribution in [0.2, 0.25) is 0 Å². The van der Waals surface area contributed by atoms with Gasteiger partial charge in [0.15, 0.2) is 24.0 Å². The van der Waals surface area contributed by atoms with Crippen LogP contribution < -0.4 is 4.74 Å². The highest BCUT2D eigenvalue weighted by Crippen LogP contribution is 2.20. The van der Waals surface area contributed by atoms with E-state index < -0.39 is 32.4 Å². The van der Waals surface area contributed by atoms with Gasteiger partial charge in [0.05, 0.1) is 0 Å². The second-order valence-corrected chi connectivity index (χ2v) is 7.99. The summed E-state index contributed by atoms with van der Waals surface area (Å²) in [7, 11) is -2.91. The molecule has 3 aromatic rings. The summed E-state index contributed by atoms with van der Waals surface area (Å²) in [6.45, 7) is -0.241. The summed E-state index contributed by atoms with van der Waals surface area (Å²) < 4.78 is 76.3. The van der Waals surface area contributed by atoms with E-state index in [2.05, 4.69) is 10.1 Å². The lowest BCUT2D eigenvalue weighted by Crippen LogP contribution is -2.30. The first-order chi connectivity index (χ1) is 13.8. The minimum Gasteiger partial charge on any atom is -0.481 e. The molecule has 0 fully saturated rings. The molecule has 7 nitrogen and oxygen atoms in total. The van der Waals surface area contributed by atoms with Gasteiger partial charge in [-0.05, 0) is 24.3 Å². The number of benzene rings is 2. The Balaban J connectivity index is 1.59. The second kappa shape index (κ2) is 8.62. The van der Waals surface area contributed by atoms with Crippen LogP contribution in [-0.4, -0.2) is 36.5 Å². The predicted octanol–water partition coefficient (Wildman–Crippen LogP) is 2.93. The van der Waals surface area contributed by atoms with Gasteiger partial charge in [0.2, 0.25) is 10.0 Å². The number of rotatable bonds is 8. The van der Waals surface area contributed by atoms with Crippen LogP contribution in [0.1, 0.15) is 11.7 Å². The number of hydrogen-bond acceptors (Lipinski definition) is 6. The maximum atomic E-state index is 13.8. The number of halogens is 3. The molecule has 1 aromatic heterocycles. The van der Waals surface area contributed by atoms with Crippen molar-refractivity contribution >= 4 is 10.0 Å². The van der Waals surface area contributed by atoms with E-state index in [1.165, 1.54) is 25.2 Å². The van der Waals surface area contributed by atoms with E-state index in [0.717, 1.165) is 16.4 Å². The molecule has 0 amide bonds. The van der Waals surface area contributed by atoms with Crippen LogP contribution >= 0.6 is 0 Å². The SMILES string of the molecule is CN(CCc1noc(COc2ccccc2F)n1)S(=O)(=O)c1ccc(F)cc1F. The van der Waals surface area contributed by atoms with E-state index >= 15 is 0 Å². The molecule has 0 N–H and O–H groups in total. The van der Waals surface area contributed by atoms with Gasteiger partial charge in [0.25, 0.3) is 5.89 Å². The van der Waals surface area contributed by atoms with Crippen LogP contribution in [0.3, 0.4) is 0 Å². The summed E-state index contributed by atoms with van der Waals surface area (Å²) in [6.07, 6.45) is 0.0712. The first-order valence-corrected chi connectivity index (χ1v) is 9.81. The van der Waals surface area contributed by atoms with Crippen LogP contribution in [0.25, 0.3) is 0 Å². The molecule has 0 aliphatic rings. The molecule has 11 heteroatoms. The largest absolute Gasteiger partial charge is 0.481 e. The fraction of sp³-hybridized carbons (Fsp3) is 0.222. The molecular formula is C18H16F3N3O4S. The Morgan fingerprint density at radius 3 is 2.59 bits per heavy atom. The third kappa shape index (κ3) is 4.93. The fourth-order valence-corrected chi connectivity index (χ4v) is 3.59. The number of nitrogens with zero attached hydrogens (tertiary/aromatic N) is 3. The Kier molecular flexibility index (Phi) is 6.18. The normalized spacial score (nSPS) is 11.8. The van der Waals surface area contributed by atoms with Crippen molar-refractivity contribution in [2.24, 2.45) is 0 Å². The van der Waals surface area contributed by atoms with Gasteiger partial charge in [0.1, 0.15) is 16.5 Å². The molecule has 0 bridgehead atoms. The van der Waals surface area contributed by atoms with E-state index in [-0.39, 0.29) is 37.0 Å². The standard InChI is InChI=1S/C18H16F3N3O4S/c1-24(29(25,26)16-7-6-12(19)10-14(16)21)9-8-17-22-18(28-23-17)11-27-15-5-3-2-4-13(15)20/h2-7,10H,8-9,11H2,1H3. The van der Waals surface area contributed by atoms with E-state index in [1.807, 2.05) is 0 Å². The van der Waals surface area contributed by atoms with Crippen LogP contribution in [0, 0.1) is 17.5 Å². The van der Waals surface area contributed by atoms with Crippen molar-refractivity contribution in [1.29, 1.82) is 0 Å². The van der Waals surface area contributed by atoms with E-state index in [9.17, 15) is 21.6 Å². The average molecular weight is 427 g/mol. The summed E-state index contributed by atoms with van der Waals surface area (Å²) in [6, 6.07) is 8.05. The van der Waals surface area contributed by atoms with Gasteiger partial charge in [-0.2, -0.15) is 4.98 Å². The molecule has 29 heavy (non-hydrogen) atoms. The molecule has 154 valence electrons. The Bertz CT molecular complexity index is 1110. The molecule has 0 aliphatic carbocycles. The first-order valence-electron chi connectivity index (χ1n) is 8.37. The fourth-order valence-electron chi connectivity index (χ4n) is 2.38. The van der Waals surface area contributed by atoms with Crippen molar-refractivity contribution in [3.63, 3.8) is 0 Å². The van der Waals surface area contributed by atoms with Crippen LogP contribution in [0.4, 0.5) is 13.2 Å². The van der Waals surface area contributed by atoms with Crippen LogP contribution in [0.15, 0.2) is 51.9 Å². The number of aromatic nitrogens is 2. The van der Waals surface area contributed by atoms with Gasteiger partial charge >= 0.3 is 0 Å². The summed E-state index contributed by atoms with van der Waals surface area (Å²) in [5.41, 5.74) is 0. The van der Waals surface area contributed by atoms with Gasteiger partial charge in [0, 0.05) is 26.1 Å². The summed E-state index contributed by atoms with van der Waals surface area (Å²) in [5.74, 6) is -2.28. The molecule has 3 rings (SSSR count). The number of ether oxygens (including phenoxy) is 1. The predicted molar refractivity (Wildman–Crippen MR) is 94.9 cm³/mol. The molecule has 0 aliphatic heterocycles. The minimum absolute atomic E-state index is 0.0272. The number of likely N-dealkylation sites (N-methyl/N-ethyl adjacent to an activating group) is 1. The monoisotopic (exact) mass is 427 g/mol. The highest BCUT2D eigenvalue weighted by atomic mass is 32.2. The summed E-state index contributed by atoms with van der Waals surface area (Å²) in [5, 5.41) is 3.70. The first kappa shape index (κ1) is 20.8. The maximum Gasteiger partial charge on any atom is 0.264 e. The number of para-hydroxylation sites is 1. The zero-order valence-corrected chi connectivity index (χ0v) is 16.0. The van der Waals surface area contributed by atoms with E-state index in [4.69, 9.17) is 9.26 Å². The molecule has 0 spiro atoms. The molecule has 0 radical (unpaired) electrons. The Hall–Kier alpha value is -2.92. The third-order valence-electron chi connectivity index (χ3n) is 3.93. The maximum absolute atomic E-state index is 13.8. The van der Waals surface area contributed by atoms with Gasteiger partial charge in [-0.3, -0.25) is 0 Å². The summed E-state index contributed by atoms with van der Waals surface area (Å²) in [4.78, 5) is 3.41. The van der Waals surface area contributed by atoms with Gasteiger partial charge < -0.3 is 9.26 Å². The van der Waals surface area contributed by atoms with Crippen molar-refractivity contribution in [1.82, 2.24) is 14.4 Å². The smallest absolute Gasteiger partial charge is 0.264 e.